The Balaban J connectivity index is 1.32. The van der Waals surface area contributed by atoms with E-state index in [2.05, 4.69) is 15.5 Å². The lowest BCUT2D eigenvalue weighted by Gasteiger charge is -2.35. The molecule has 0 spiro atoms. The van der Waals surface area contributed by atoms with Gasteiger partial charge in [-0.25, -0.2) is 4.68 Å². The fraction of sp³-hybridized carbons (Fsp3) is 0.550. The van der Waals surface area contributed by atoms with Crippen molar-refractivity contribution in [3.05, 3.63) is 42.8 Å². The Hall–Kier alpha value is -2.77. The predicted molar refractivity (Wildman–Crippen MR) is 103 cm³/mol. The first-order chi connectivity index (χ1) is 13.7. The van der Waals surface area contributed by atoms with E-state index in [-0.39, 0.29) is 24.3 Å². The first-order valence-corrected chi connectivity index (χ1v) is 9.99. The third-order valence-electron chi connectivity index (χ3n) is 5.96. The van der Waals surface area contributed by atoms with Gasteiger partial charge in [-0.05, 0) is 41.5 Å². The Morgan fingerprint density at radius 1 is 0.929 bits per heavy atom. The maximum atomic E-state index is 12.8. The van der Waals surface area contributed by atoms with Crippen LogP contribution in [-0.4, -0.2) is 68.0 Å². The van der Waals surface area contributed by atoms with Crippen molar-refractivity contribution in [2.45, 2.75) is 25.8 Å². The lowest BCUT2D eigenvalue weighted by Crippen LogP contribution is -2.44. The highest BCUT2D eigenvalue weighted by Crippen LogP contribution is 2.32. The van der Waals surface area contributed by atoms with E-state index in [0.29, 0.717) is 11.8 Å². The quantitative estimate of drug-likeness (QED) is 0.777. The van der Waals surface area contributed by atoms with Crippen molar-refractivity contribution in [2.24, 2.45) is 17.8 Å². The molecule has 0 aromatic carbocycles. The number of carbonyl (C=O) groups is 2. The maximum Gasteiger partial charge on any atom is 0.244 e. The molecule has 0 N–H and O–H groups in total. The van der Waals surface area contributed by atoms with Crippen molar-refractivity contribution in [1.29, 1.82) is 0 Å². The molecule has 2 fully saturated rings. The molecule has 148 valence electrons. The van der Waals surface area contributed by atoms with E-state index < -0.39 is 0 Å². The van der Waals surface area contributed by atoms with E-state index in [4.69, 9.17) is 0 Å². The van der Waals surface area contributed by atoms with Gasteiger partial charge in [-0.2, -0.15) is 0 Å². The maximum absolute atomic E-state index is 12.8. The lowest BCUT2D eigenvalue weighted by atomic mass is 9.85. The normalized spacial score (nSPS) is 25.3. The molecule has 2 amide bonds. The molecule has 0 radical (unpaired) electrons. The van der Waals surface area contributed by atoms with Crippen molar-refractivity contribution in [3.8, 4) is 0 Å². The van der Waals surface area contributed by atoms with Crippen molar-refractivity contribution in [3.63, 3.8) is 0 Å². The molecule has 3 heterocycles. The van der Waals surface area contributed by atoms with Crippen LogP contribution in [0.25, 0.3) is 0 Å². The smallest absolute Gasteiger partial charge is 0.244 e. The second-order valence-electron chi connectivity index (χ2n) is 7.76. The number of hydrogen-bond acceptors (Lipinski definition) is 5. The van der Waals surface area contributed by atoms with Crippen LogP contribution in [0.2, 0.25) is 0 Å². The van der Waals surface area contributed by atoms with E-state index in [0.717, 1.165) is 45.4 Å². The number of aromatic nitrogens is 4. The summed E-state index contributed by atoms with van der Waals surface area (Å²) in [4.78, 5) is 29.3. The minimum Gasteiger partial charge on any atom is -0.342 e. The summed E-state index contributed by atoms with van der Waals surface area (Å²) in [6, 6.07) is 0. The SMILES string of the molecule is O=C(Cn1cnnn1)N1CCCC(C2CCN(C(=O)C3C=CC=CC=C3)C2)C1. The van der Waals surface area contributed by atoms with Gasteiger partial charge in [0.25, 0.3) is 0 Å². The van der Waals surface area contributed by atoms with Gasteiger partial charge in [-0.15, -0.1) is 5.10 Å². The second-order valence-corrected chi connectivity index (χ2v) is 7.76. The fourth-order valence-corrected chi connectivity index (χ4v) is 4.42. The number of hydrogen-bond donors (Lipinski definition) is 0. The molecule has 2 atom stereocenters. The summed E-state index contributed by atoms with van der Waals surface area (Å²) < 4.78 is 1.46. The Morgan fingerprint density at radius 2 is 1.68 bits per heavy atom. The summed E-state index contributed by atoms with van der Waals surface area (Å²) in [7, 11) is 0. The Morgan fingerprint density at radius 3 is 2.43 bits per heavy atom. The van der Waals surface area contributed by atoms with E-state index in [1.807, 2.05) is 46.3 Å². The van der Waals surface area contributed by atoms with Crippen LogP contribution >= 0.6 is 0 Å². The Labute approximate surface area is 164 Å². The van der Waals surface area contributed by atoms with Gasteiger partial charge in [0.2, 0.25) is 11.8 Å². The monoisotopic (exact) mass is 382 g/mol. The summed E-state index contributed by atoms with van der Waals surface area (Å²) in [5, 5.41) is 10.9. The first-order valence-electron chi connectivity index (χ1n) is 9.99. The second kappa shape index (κ2) is 8.50. The molecule has 2 aliphatic heterocycles. The van der Waals surface area contributed by atoms with Crippen molar-refractivity contribution in [2.75, 3.05) is 26.2 Å². The minimum absolute atomic E-state index is 0.0594. The van der Waals surface area contributed by atoms with Crippen LogP contribution in [0.15, 0.2) is 42.8 Å². The zero-order valence-corrected chi connectivity index (χ0v) is 15.9. The minimum atomic E-state index is -0.172. The van der Waals surface area contributed by atoms with Crippen LogP contribution in [0.4, 0.5) is 0 Å². The van der Waals surface area contributed by atoms with Gasteiger partial charge in [0.1, 0.15) is 12.9 Å². The number of tetrazole rings is 1. The van der Waals surface area contributed by atoms with Gasteiger partial charge >= 0.3 is 0 Å². The summed E-state index contributed by atoms with van der Waals surface area (Å²) in [5.41, 5.74) is 0. The third kappa shape index (κ3) is 4.21. The first kappa shape index (κ1) is 18.6. The molecule has 2 unspecified atom stereocenters. The van der Waals surface area contributed by atoms with Gasteiger partial charge < -0.3 is 9.80 Å². The number of piperidine rings is 1. The molecule has 8 heteroatoms. The topological polar surface area (TPSA) is 84.2 Å². The molecule has 2 saturated heterocycles. The molecular weight excluding hydrogens is 356 g/mol. The van der Waals surface area contributed by atoms with Gasteiger partial charge in [0.15, 0.2) is 0 Å². The molecule has 4 rings (SSSR count). The summed E-state index contributed by atoms with van der Waals surface area (Å²) in [5.74, 6) is 0.982. The number of likely N-dealkylation sites (tertiary alicyclic amines) is 2. The van der Waals surface area contributed by atoms with Crippen molar-refractivity contribution >= 4 is 11.8 Å². The lowest BCUT2D eigenvalue weighted by molar-refractivity contribution is -0.135. The molecule has 0 saturated carbocycles. The molecule has 1 aromatic rings. The number of nitrogens with zero attached hydrogens (tertiary/aromatic N) is 6. The standard InChI is InChI=1S/C20H26N6O2/c27-19(14-26-15-21-22-23-26)24-10-5-8-17(12-24)18-9-11-25(13-18)20(28)16-6-3-1-2-4-7-16/h1-4,6-7,15-18H,5,8-14H2. The largest absolute Gasteiger partial charge is 0.342 e. The zero-order valence-electron chi connectivity index (χ0n) is 15.9. The van der Waals surface area contributed by atoms with Gasteiger partial charge in [-0.1, -0.05) is 36.5 Å². The molecule has 8 nitrogen and oxygen atoms in total. The number of amides is 2. The predicted octanol–water partition coefficient (Wildman–Crippen LogP) is 1.06. The number of rotatable bonds is 4. The highest BCUT2D eigenvalue weighted by Gasteiger charge is 2.36. The van der Waals surface area contributed by atoms with Crippen LogP contribution < -0.4 is 0 Å². The average Bonchev–Trinajstić information content (AvgIpc) is 3.34. The molecule has 3 aliphatic rings. The van der Waals surface area contributed by atoms with Gasteiger partial charge in [0.05, 0.1) is 5.92 Å². The summed E-state index contributed by atoms with van der Waals surface area (Å²) >= 11 is 0. The summed E-state index contributed by atoms with van der Waals surface area (Å²) in [6.07, 6.45) is 16.3. The molecule has 1 aromatic heterocycles. The average molecular weight is 382 g/mol. The number of carbonyl (C=O) groups excluding carboxylic acids is 2. The van der Waals surface area contributed by atoms with E-state index in [9.17, 15) is 9.59 Å². The van der Waals surface area contributed by atoms with Gasteiger partial charge in [0, 0.05) is 26.2 Å². The van der Waals surface area contributed by atoms with E-state index in [1.54, 1.807) is 0 Å². The zero-order chi connectivity index (χ0) is 19.3. The Kier molecular flexibility index (Phi) is 5.64. The van der Waals surface area contributed by atoms with Crippen LogP contribution in [0, 0.1) is 17.8 Å². The Bertz CT molecular complexity index is 769. The molecule has 1 aliphatic carbocycles. The molecular formula is C20H26N6O2. The summed E-state index contributed by atoms with van der Waals surface area (Å²) in [6.45, 7) is 3.34. The number of allylic oxidation sites excluding steroid dienone is 4. The van der Waals surface area contributed by atoms with Crippen LogP contribution in [0.1, 0.15) is 19.3 Å². The van der Waals surface area contributed by atoms with E-state index >= 15 is 0 Å². The van der Waals surface area contributed by atoms with Crippen LogP contribution in [0.3, 0.4) is 0 Å². The molecule has 28 heavy (non-hydrogen) atoms. The molecule has 0 bridgehead atoms. The van der Waals surface area contributed by atoms with Crippen LogP contribution in [0.5, 0.6) is 0 Å². The highest BCUT2D eigenvalue weighted by molar-refractivity contribution is 5.83. The highest BCUT2D eigenvalue weighted by atomic mass is 16.2. The fourth-order valence-electron chi connectivity index (χ4n) is 4.42. The van der Waals surface area contributed by atoms with E-state index in [1.165, 1.54) is 11.0 Å². The van der Waals surface area contributed by atoms with Crippen molar-refractivity contribution < 1.29 is 9.59 Å². The van der Waals surface area contributed by atoms with Crippen LogP contribution in [-0.2, 0) is 16.1 Å². The van der Waals surface area contributed by atoms with Crippen molar-refractivity contribution in [1.82, 2.24) is 30.0 Å². The van der Waals surface area contributed by atoms with Gasteiger partial charge in [-0.3, -0.25) is 9.59 Å². The third-order valence-corrected chi connectivity index (χ3v) is 5.96.